The molecule has 2 aromatic heterocycles. The van der Waals surface area contributed by atoms with Crippen LogP contribution in [0.2, 0.25) is 0 Å². The van der Waals surface area contributed by atoms with E-state index in [1.54, 1.807) is 37.1 Å². The van der Waals surface area contributed by atoms with E-state index >= 15 is 0 Å². The lowest BCUT2D eigenvalue weighted by Crippen LogP contribution is -2.49. The summed E-state index contributed by atoms with van der Waals surface area (Å²) < 4.78 is 6.21. The average Bonchev–Trinajstić information content (AvgIpc) is 3.30. The van der Waals surface area contributed by atoms with Crippen LogP contribution in [0.3, 0.4) is 0 Å². The topological polar surface area (TPSA) is 82.9 Å². The van der Waals surface area contributed by atoms with E-state index in [-0.39, 0.29) is 30.3 Å². The van der Waals surface area contributed by atoms with Gasteiger partial charge in [-0.1, -0.05) is 0 Å². The van der Waals surface area contributed by atoms with Crippen LogP contribution in [-0.2, 0) is 4.79 Å². The fourth-order valence-corrected chi connectivity index (χ4v) is 4.46. The minimum atomic E-state index is -0.231. The fourth-order valence-electron chi connectivity index (χ4n) is 3.08. The Labute approximate surface area is 175 Å². The second-order valence-electron chi connectivity index (χ2n) is 6.80. The van der Waals surface area contributed by atoms with Crippen LogP contribution in [0.4, 0.5) is 0 Å². The van der Waals surface area contributed by atoms with Crippen LogP contribution in [0.15, 0.2) is 32.5 Å². The molecule has 0 aliphatic carbocycles. The maximum atomic E-state index is 12.5. The largest absolute Gasteiger partial charge is 0.456 e. The van der Waals surface area contributed by atoms with Crippen molar-refractivity contribution >= 4 is 45.0 Å². The molecule has 3 heterocycles. The first kappa shape index (κ1) is 20.6. The van der Waals surface area contributed by atoms with Gasteiger partial charge in [0.1, 0.15) is 5.76 Å². The van der Waals surface area contributed by atoms with Gasteiger partial charge < -0.3 is 19.5 Å². The van der Waals surface area contributed by atoms with E-state index < -0.39 is 0 Å². The summed E-state index contributed by atoms with van der Waals surface area (Å²) in [6, 6.07) is 6.97. The van der Waals surface area contributed by atoms with Gasteiger partial charge in [0.25, 0.3) is 11.8 Å². The molecule has 1 aliphatic heterocycles. The maximum Gasteiger partial charge on any atom is 0.287 e. The molecule has 7 nitrogen and oxygen atoms in total. The second-order valence-corrected chi connectivity index (χ2v) is 9.27. The van der Waals surface area contributed by atoms with Gasteiger partial charge >= 0.3 is 0 Å². The molecule has 150 valence electrons. The zero-order valence-electron chi connectivity index (χ0n) is 15.7. The van der Waals surface area contributed by atoms with Crippen molar-refractivity contribution in [2.75, 3.05) is 26.7 Å². The molecule has 0 saturated carbocycles. The smallest absolute Gasteiger partial charge is 0.287 e. The summed E-state index contributed by atoms with van der Waals surface area (Å²) in [6.45, 7) is 2.93. The van der Waals surface area contributed by atoms with E-state index in [1.165, 1.54) is 16.2 Å². The van der Waals surface area contributed by atoms with Gasteiger partial charge in [0.05, 0.1) is 15.2 Å². The van der Waals surface area contributed by atoms with Crippen molar-refractivity contribution in [3.63, 3.8) is 0 Å². The van der Waals surface area contributed by atoms with E-state index in [0.717, 1.165) is 3.79 Å². The molecule has 28 heavy (non-hydrogen) atoms. The van der Waals surface area contributed by atoms with E-state index in [2.05, 4.69) is 21.2 Å². The Hall–Kier alpha value is -2.13. The Morgan fingerprint density at radius 3 is 2.54 bits per heavy atom. The molecule has 0 radical (unpaired) electrons. The number of piperidine rings is 1. The summed E-state index contributed by atoms with van der Waals surface area (Å²) >= 11 is 4.68. The lowest BCUT2D eigenvalue weighted by atomic mass is 10.0. The van der Waals surface area contributed by atoms with E-state index in [9.17, 15) is 14.4 Å². The standard InChI is InChI=1S/C19H22BrN3O4S/c1-12-3-4-14(27-12)18(25)21-13-7-9-23(10-8-13)17(24)11-22(2)19(26)15-5-6-16(20)28-15/h3-6,13H,7-11H2,1-2H3,(H,21,25). The molecule has 3 amide bonds. The Bertz CT molecular complexity index is 870. The SMILES string of the molecule is Cc1ccc(C(=O)NC2CCN(C(=O)CN(C)C(=O)c3ccc(Br)s3)CC2)o1. The molecule has 1 fully saturated rings. The van der Waals surface area contributed by atoms with Gasteiger partial charge in [-0.25, -0.2) is 0 Å². The maximum absolute atomic E-state index is 12.5. The van der Waals surface area contributed by atoms with Gasteiger partial charge in [-0.3, -0.25) is 14.4 Å². The number of carbonyl (C=O) groups excluding carboxylic acids is 3. The minimum Gasteiger partial charge on any atom is -0.456 e. The van der Waals surface area contributed by atoms with Crippen molar-refractivity contribution < 1.29 is 18.8 Å². The van der Waals surface area contributed by atoms with Crippen molar-refractivity contribution in [2.24, 2.45) is 0 Å². The Balaban J connectivity index is 1.45. The molecule has 0 spiro atoms. The molecule has 2 aromatic rings. The van der Waals surface area contributed by atoms with E-state index in [0.29, 0.717) is 42.3 Å². The van der Waals surface area contributed by atoms with Gasteiger partial charge in [-0.2, -0.15) is 0 Å². The Morgan fingerprint density at radius 1 is 1.25 bits per heavy atom. The van der Waals surface area contributed by atoms with Crippen LogP contribution in [-0.4, -0.2) is 60.2 Å². The predicted octanol–water partition coefficient (Wildman–Crippen LogP) is 2.91. The number of hydrogen-bond donors (Lipinski definition) is 1. The summed E-state index contributed by atoms with van der Waals surface area (Å²) in [6.07, 6.45) is 1.35. The van der Waals surface area contributed by atoms with Gasteiger partial charge in [0.2, 0.25) is 5.91 Å². The van der Waals surface area contributed by atoms with Gasteiger partial charge in [0.15, 0.2) is 5.76 Å². The fraction of sp³-hybridized carbons (Fsp3) is 0.421. The third-order valence-corrected chi connectivity index (χ3v) is 6.26. The molecule has 1 aliphatic rings. The number of rotatable bonds is 5. The van der Waals surface area contributed by atoms with Crippen molar-refractivity contribution in [1.29, 1.82) is 0 Å². The van der Waals surface area contributed by atoms with E-state index in [4.69, 9.17) is 4.42 Å². The summed E-state index contributed by atoms with van der Waals surface area (Å²) in [5, 5.41) is 2.95. The number of hydrogen-bond acceptors (Lipinski definition) is 5. The van der Waals surface area contributed by atoms with Gasteiger partial charge in [-0.15, -0.1) is 11.3 Å². The summed E-state index contributed by atoms with van der Waals surface area (Å²) in [4.78, 5) is 40.8. The first-order chi connectivity index (χ1) is 13.3. The van der Waals surface area contributed by atoms with Crippen LogP contribution in [0.1, 0.15) is 38.8 Å². The molecule has 1 N–H and O–H groups in total. The Morgan fingerprint density at radius 2 is 1.96 bits per heavy atom. The van der Waals surface area contributed by atoms with Crippen molar-refractivity contribution in [1.82, 2.24) is 15.1 Å². The molecule has 1 saturated heterocycles. The highest BCUT2D eigenvalue weighted by molar-refractivity contribution is 9.11. The highest BCUT2D eigenvalue weighted by atomic mass is 79.9. The normalized spacial score (nSPS) is 14.8. The summed E-state index contributed by atoms with van der Waals surface area (Å²) in [5.74, 6) is 0.513. The zero-order chi connectivity index (χ0) is 20.3. The van der Waals surface area contributed by atoms with Crippen LogP contribution >= 0.6 is 27.3 Å². The van der Waals surface area contributed by atoms with Gasteiger partial charge in [-0.05, 0) is 60.0 Å². The number of likely N-dealkylation sites (N-methyl/N-ethyl adjacent to an activating group) is 1. The monoisotopic (exact) mass is 467 g/mol. The van der Waals surface area contributed by atoms with Crippen molar-refractivity contribution in [3.05, 3.63) is 44.4 Å². The first-order valence-electron chi connectivity index (χ1n) is 8.99. The number of amides is 3. The molecule has 9 heteroatoms. The molecule has 0 atom stereocenters. The van der Waals surface area contributed by atoms with E-state index in [1.807, 2.05) is 6.07 Å². The molecular weight excluding hydrogens is 446 g/mol. The molecule has 0 bridgehead atoms. The lowest BCUT2D eigenvalue weighted by Gasteiger charge is -2.33. The number of furan rings is 1. The van der Waals surface area contributed by atoms with Crippen LogP contribution in [0.25, 0.3) is 0 Å². The third-order valence-electron chi connectivity index (χ3n) is 4.65. The highest BCUT2D eigenvalue weighted by Gasteiger charge is 2.26. The average molecular weight is 468 g/mol. The number of nitrogens with zero attached hydrogens (tertiary/aromatic N) is 2. The quantitative estimate of drug-likeness (QED) is 0.732. The number of aryl methyl sites for hydroxylation is 1. The molecular formula is C19H22BrN3O4S. The number of halogens is 1. The first-order valence-corrected chi connectivity index (χ1v) is 10.6. The second kappa shape index (κ2) is 8.91. The number of carbonyl (C=O) groups is 3. The zero-order valence-corrected chi connectivity index (χ0v) is 18.1. The number of thiophene rings is 1. The summed E-state index contributed by atoms with van der Waals surface area (Å²) in [7, 11) is 1.63. The third kappa shape index (κ3) is 5.02. The Kier molecular flexibility index (Phi) is 6.56. The van der Waals surface area contributed by atoms with Gasteiger partial charge in [0, 0.05) is 26.2 Å². The van der Waals surface area contributed by atoms with Crippen LogP contribution < -0.4 is 5.32 Å². The minimum absolute atomic E-state index is 0.00443. The highest BCUT2D eigenvalue weighted by Crippen LogP contribution is 2.23. The summed E-state index contributed by atoms with van der Waals surface area (Å²) in [5.41, 5.74) is 0. The molecule has 3 rings (SSSR count). The van der Waals surface area contributed by atoms with Crippen molar-refractivity contribution in [3.8, 4) is 0 Å². The lowest BCUT2D eigenvalue weighted by molar-refractivity contribution is -0.132. The molecule has 0 aromatic carbocycles. The van der Waals surface area contributed by atoms with Crippen LogP contribution in [0.5, 0.6) is 0 Å². The molecule has 0 unspecified atom stereocenters. The predicted molar refractivity (Wildman–Crippen MR) is 109 cm³/mol. The number of likely N-dealkylation sites (tertiary alicyclic amines) is 1. The van der Waals surface area contributed by atoms with Crippen molar-refractivity contribution in [2.45, 2.75) is 25.8 Å². The van der Waals surface area contributed by atoms with Crippen LogP contribution in [0, 0.1) is 6.92 Å². The number of nitrogens with one attached hydrogen (secondary N) is 1.